The molecular weight excluding hydrogens is 726 g/mol. The molecule has 47 heavy (non-hydrogen) atoms. The summed E-state index contributed by atoms with van der Waals surface area (Å²) in [7, 11) is -8.16. The Balaban J connectivity index is 0.000000296. The molecule has 0 spiro atoms. The zero-order chi connectivity index (χ0) is 35.7. The maximum Gasteiger partial charge on any atom is 0.244 e. The number of carbonyl (C=O) groups is 2. The number of halogens is 5. The maximum atomic E-state index is 14.1. The highest BCUT2D eigenvalue weighted by Gasteiger charge is 2.49. The van der Waals surface area contributed by atoms with Crippen molar-refractivity contribution in [2.45, 2.75) is 79.4 Å². The fourth-order valence-electron chi connectivity index (χ4n) is 5.03. The van der Waals surface area contributed by atoms with Crippen molar-refractivity contribution in [1.29, 1.82) is 0 Å². The van der Waals surface area contributed by atoms with E-state index in [0.717, 1.165) is 57.1 Å². The van der Waals surface area contributed by atoms with Gasteiger partial charge in [-0.3, -0.25) is 9.59 Å². The first-order valence-corrected chi connectivity index (χ1v) is 20.4. The molecule has 0 bridgehead atoms. The van der Waals surface area contributed by atoms with E-state index in [4.69, 9.17) is 17.3 Å². The minimum absolute atomic E-state index is 0.130. The summed E-state index contributed by atoms with van der Waals surface area (Å²) in [6.07, 6.45) is 0.741. The molecule has 2 N–H and O–H groups in total. The Hall–Kier alpha value is -1.89. The van der Waals surface area contributed by atoms with Crippen molar-refractivity contribution in [2.75, 3.05) is 23.5 Å². The van der Waals surface area contributed by atoms with Crippen molar-refractivity contribution >= 4 is 66.9 Å². The van der Waals surface area contributed by atoms with Gasteiger partial charge in [-0.1, -0.05) is 0 Å². The zero-order valence-electron chi connectivity index (χ0n) is 26.1. The summed E-state index contributed by atoms with van der Waals surface area (Å²) >= 11 is 8.24. The number of Topliss-reactive ketones (excluding diaryl/α,β-unsaturated/α-hetero) is 1. The smallest absolute Gasteiger partial charge is 0.244 e. The predicted molar refractivity (Wildman–Crippen MR) is 178 cm³/mol. The summed E-state index contributed by atoms with van der Waals surface area (Å²) in [5, 5.41) is 0.708. The maximum absolute atomic E-state index is 14.1. The lowest BCUT2D eigenvalue weighted by atomic mass is 10.1. The normalized spacial score (nSPS) is 25.0. The summed E-state index contributed by atoms with van der Waals surface area (Å²) in [4.78, 5) is 23.3. The van der Waals surface area contributed by atoms with Crippen molar-refractivity contribution in [3.63, 3.8) is 0 Å². The minimum atomic E-state index is -4.11. The van der Waals surface area contributed by atoms with E-state index in [1.807, 2.05) is 12.5 Å². The lowest BCUT2D eigenvalue weighted by Gasteiger charge is -2.26. The van der Waals surface area contributed by atoms with Crippen LogP contribution in [-0.2, 0) is 29.6 Å². The summed E-state index contributed by atoms with van der Waals surface area (Å²) in [5.41, 5.74) is 5.14. The molecule has 1 amide bonds. The van der Waals surface area contributed by atoms with Gasteiger partial charge in [-0.05, 0) is 80.6 Å². The lowest BCUT2D eigenvalue weighted by molar-refractivity contribution is -0.122. The second kappa shape index (κ2) is 18.2. The minimum Gasteiger partial charge on any atom is -0.368 e. The van der Waals surface area contributed by atoms with Crippen LogP contribution in [0.25, 0.3) is 0 Å². The largest absolute Gasteiger partial charge is 0.368 e. The molecule has 9 nitrogen and oxygen atoms in total. The molecule has 2 heterocycles. The number of amides is 1. The van der Waals surface area contributed by atoms with Crippen molar-refractivity contribution in [1.82, 2.24) is 8.61 Å². The van der Waals surface area contributed by atoms with Crippen LogP contribution in [0.3, 0.4) is 0 Å². The van der Waals surface area contributed by atoms with E-state index >= 15 is 0 Å². The van der Waals surface area contributed by atoms with Gasteiger partial charge in [-0.15, -0.1) is 23.4 Å². The van der Waals surface area contributed by atoms with Gasteiger partial charge >= 0.3 is 0 Å². The van der Waals surface area contributed by atoms with Crippen LogP contribution in [0.1, 0.15) is 33.1 Å². The van der Waals surface area contributed by atoms with Crippen molar-refractivity contribution in [3.8, 4) is 0 Å². The van der Waals surface area contributed by atoms with Gasteiger partial charge in [-0.25, -0.2) is 34.4 Å². The lowest BCUT2D eigenvalue weighted by Crippen LogP contribution is -2.46. The number of nitrogens with two attached hydrogens (primary N) is 1. The molecule has 2 aliphatic heterocycles. The zero-order valence-corrected chi connectivity index (χ0v) is 30.1. The Bertz CT molecular complexity index is 1550. The number of sulfonamides is 2. The number of thioether (sulfide) groups is 2. The Morgan fingerprint density at radius 3 is 1.49 bits per heavy atom. The summed E-state index contributed by atoms with van der Waals surface area (Å²) < 4.78 is 106. The van der Waals surface area contributed by atoms with E-state index in [1.54, 1.807) is 11.8 Å². The number of alkyl halides is 3. The Kier molecular flexibility index (Phi) is 16.0. The SMILES string of the molecule is CSCCC(=O)[C@@H]1C[C@@H](F)[C@H](C)N1S(=O)(=O)c1ccc(F)cc1.CSCCl.C[C@H]1[C@H](F)C[C@@H](C(N)=O)N1S(=O)(=O)c1ccc(F)cc1. The molecule has 0 aromatic heterocycles. The van der Waals surface area contributed by atoms with Crippen molar-refractivity contribution < 1.29 is 44.0 Å². The predicted octanol–water partition coefficient (Wildman–Crippen LogP) is 4.98. The molecule has 0 saturated carbocycles. The van der Waals surface area contributed by atoms with Crippen LogP contribution >= 0.6 is 35.1 Å². The quantitative estimate of drug-likeness (QED) is 0.265. The van der Waals surface area contributed by atoms with Gasteiger partial charge in [0.1, 0.15) is 30.0 Å². The molecule has 2 fully saturated rings. The molecule has 2 aromatic rings. The number of benzene rings is 2. The molecule has 0 aliphatic carbocycles. The van der Waals surface area contributed by atoms with Gasteiger partial charge in [0, 0.05) is 19.3 Å². The number of ketones is 1. The molecule has 264 valence electrons. The number of rotatable bonds is 10. The van der Waals surface area contributed by atoms with Gasteiger partial charge < -0.3 is 5.73 Å². The van der Waals surface area contributed by atoms with Gasteiger partial charge in [0.05, 0.1) is 33.1 Å². The molecule has 0 unspecified atom stereocenters. The number of hydrogen-bond donors (Lipinski definition) is 1. The van der Waals surface area contributed by atoms with Crippen molar-refractivity contribution in [2.24, 2.45) is 5.73 Å². The van der Waals surface area contributed by atoms with Crippen LogP contribution in [0.15, 0.2) is 58.3 Å². The third kappa shape index (κ3) is 10.3. The van der Waals surface area contributed by atoms with Crippen LogP contribution in [-0.4, -0.2) is 97.1 Å². The van der Waals surface area contributed by atoms with Crippen molar-refractivity contribution in [3.05, 3.63) is 60.2 Å². The van der Waals surface area contributed by atoms with Crippen LogP contribution in [0.4, 0.5) is 17.6 Å². The molecule has 2 aromatic carbocycles. The average Bonchev–Trinajstić information content (AvgIpc) is 3.51. The third-order valence-electron chi connectivity index (χ3n) is 7.50. The van der Waals surface area contributed by atoms with E-state index < -0.39 is 74.1 Å². The van der Waals surface area contributed by atoms with E-state index in [2.05, 4.69) is 0 Å². The Morgan fingerprint density at radius 2 is 1.15 bits per heavy atom. The van der Waals surface area contributed by atoms with E-state index in [1.165, 1.54) is 25.6 Å². The molecule has 0 radical (unpaired) electrons. The number of primary amides is 1. The van der Waals surface area contributed by atoms with E-state index in [9.17, 15) is 44.0 Å². The summed E-state index contributed by atoms with van der Waals surface area (Å²) in [5.74, 6) is -1.77. The highest BCUT2D eigenvalue weighted by Crippen LogP contribution is 2.35. The Morgan fingerprint density at radius 1 is 0.787 bits per heavy atom. The first kappa shape index (κ1) is 41.3. The first-order valence-electron chi connectivity index (χ1n) is 14.2. The van der Waals surface area contributed by atoms with Gasteiger partial charge in [0.2, 0.25) is 26.0 Å². The fraction of sp³-hybridized carbons (Fsp3) is 0.517. The summed E-state index contributed by atoms with van der Waals surface area (Å²) in [6, 6.07) is 4.30. The second-order valence-electron chi connectivity index (χ2n) is 10.6. The highest BCUT2D eigenvalue weighted by atomic mass is 35.5. The number of hydrogen-bond acceptors (Lipinski definition) is 8. The van der Waals surface area contributed by atoms with Crippen LogP contribution in [0, 0.1) is 11.6 Å². The van der Waals surface area contributed by atoms with E-state index in [0.29, 0.717) is 11.0 Å². The molecule has 18 heteroatoms. The molecule has 4 rings (SSSR count). The molecular formula is C29H38ClF4N3O6S4. The number of nitrogens with zero attached hydrogens (tertiary/aromatic N) is 2. The molecule has 2 saturated heterocycles. The molecule has 2 aliphatic rings. The molecule has 6 atom stereocenters. The summed E-state index contributed by atoms with van der Waals surface area (Å²) in [6.45, 7) is 2.82. The average molecular weight is 764 g/mol. The Labute approximate surface area is 287 Å². The number of carbonyl (C=O) groups excluding carboxylic acids is 2. The van der Waals surface area contributed by atoms with Crippen LogP contribution < -0.4 is 5.73 Å². The third-order valence-corrected chi connectivity index (χ3v) is 13.0. The standard InChI is InChI=1S/C15H19F2NO3S2.C12H14F2N2O3S.C2H5ClS/c1-10-13(17)9-14(15(19)7-8-22-2)18(10)23(20,21)12-5-3-11(16)4-6-12;1-7-10(14)6-11(12(15)17)16(7)20(18,19)9-4-2-8(13)3-5-9;1-4-2-3/h3-6,10,13-14H,7-9H2,1-2H3;2-5,7,10-11H,6H2,1H3,(H2,15,17);2H2,1H3/t10-,13+,14-;7-,10+,11-;/m00./s1. The second-order valence-corrected chi connectivity index (χ2v) is 16.7. The van der Waals surface area contributed by atoms with Crippen LogP contribution in [0.5, 0.6) is 0 Å². The van der Waals surface area contributed by atoms with Gasteiger partial charge in [-0.2, -0.15) is 20.4 Å². The van der Waals surface area contributed by atoms with Gasteiger partial charge in [0.25, 0.3) is 0 Å². The fourth-order valence-corrected chi connectivity index (χ4v) is 9.08. The first-order chi connectivity index (χ1) is 21.9. The van der Waals surface area contributed by atoms with Gasteiger partial charge in [0.15, 0.2) is 5.78 Å². The topological polar surface area (TPSA) is 135 Å². The van der Waals surface area contributed by atoms with E-state index in [-0.39, 0.29) is 34.8 Å². The monoisotopic (exact) mass is 763 g/mol. The van der Waals surface area contributed by atoms with Crippen LogP contribution in [0.2, 0.25) is 0 Å². The highest BCUT2D eigenvalue weighted by molar-refractivity contribution is 7.99.